The molecule has 1 aliphatic heterocycles. The van der Waals surface area contributed by atoms with Gasteiger partial charge in [0.2, 0.25) is 0 Å². The van der Waals surface area contributed by atoms with Crippen LogP contribution in [-0.2, 0) is 22.6 Å². The monoisotopic (exact) mass is 419 g/mol. The summed E-state index contributed by atoms with van der Waals surface area (Å²) < 4.78 is 19.5. The lowest BCUT2D eigenvalue weighted by molar-refractivity contribution is -0.140. The maximum absolute atomic E-state index is 14.1. The standard InChI is InChI=1S/C25H22FNO4/c1-3-16-7-10-17(11-8-16)22-21(23(28)18-9-6-15(2)20(26)13-18)24(29)25(30)27(22)14-19-5-4-12-31-19/h4-13,22,28H,3,14H2,1-2H3. The van der Waals surface area contributed by atoms with Crippen molar-refractivity contribution in [1.82, 2.24) is 4.90 Å². The fourth-order valence-corrected chi connectivity index (χ4v) is 3.79. The van der Waals surface area contributed by atoms with E-state index in [1.165, 1.54) is 29.4 Å². The third-order valence-corrected chi connectivity index (χ3v) is 5.60. The molecule has 1 fully saturated rings. The maximum Gasteiger partial charge on any atom is 0.296 e. The molecule has 31 heavy (non-hydrogen) atoms. The number of Topliss-reactive ketones (excluding diaryl/α,β-unsaturated/α-hetero) is 1. The Bertz CT molecular complexity index is 1160. The molecule has 0 spiro atoms. The highest BCUT2D eigenvalue weighted by Gasteiger charge is 2.46. The first-order valence-corrected chi connectivity index (χ1v) is 10.1. The molecule has 1 amide bonds. The summed E-state index contributed by atoms with van der Waals surface area (Å²) in [5, 5.41) is 11.0. The molecule has 1 N–H and O–H groups in total. The number of carbonyl (C=O) groups excluding carboxylic acids is 2. The smallest absolute Gasteiger partial charge is 0.296 e. The van der Waals surface area contributed by atoms with Crippen LogP contribution in [0.5, 0.6) is 0 Å². The Hall–Kier alpha value is -3.67. The van der Waals surface area contributed by atoms with Crippen LogP contribution < -0.4 is 0 Å². The second-order valence-corrected chi connectivity index (χ2v) is 7.57. The number of amides is 1. The normalized spacial score (nSPS) is 18.0. The lowest BCUT2D eigenvalue weighted by Gasteiger charge is -2.24. The molecule has 0 bridgehead atoms. The highest BCUT2D eigenvalue weighted by atomic mass is 19.1. The number of nitrogens with zero attached hydrogens (tertiary/aromatic N) is 1. The summed E-state index contributed by atoms with van der Waals surface area (Å²) in [7, 11) is 0. The van der Waals surface area contributed by atoms with E-state index in [2.05, 4.69) is 0 Å². The SMILES string of the molecule is CCc1ccc(C2C(=C(O)c3ccc(C)c(F)c3)C(=O)C(=O)N2Cc2ccco2)cc1. The van der Waals surface area contributed by atoms with E-state index in [0.717, 1.165) is 12.0 Å². The largest absolute Gasteiger partial charge is 0.507 e. The first-order chi connectivity index (χ1) is 14.9. The fourth-order valence-electron chi connectivity index (χ4n) is 3.79. The summed E-state index contributed by atoms with van der Waals surface area (Å²) >= 11 is 0. The number of hydrogen-bond acceptors (Lipinski definition) is 4. The number of ketones is 1. The molecule has 158 valence electrons. The second kappa shape index (κ2) is 8.22. The second-order valence-electron chi connectivity index (χ2n) is 7.57. The lowest BCUT2D eigenvalue weighted by atomic mass is 9.94. The van der Waals surface area contributed by atoms with Crippen molar-refractivity contribution in [2.24, 2.45) is 0 Å². The van der Waals surface area contributed by atoms with Gasteiger partial charge in [0.25, 0.3) is 11.7 Å². The molecule has 5 nitrogen and oxygen atoms in total. The molecule has 0 saturated carbocycles. The highest BCUT2D eigenvalue weighted by Crippen LogP contribution is 2.40. The number of furan rings is 1. The number of aliphatic hydroxyl groups is 1. The Balaban J connectivity index is 1.86. The number of carbonyl (C=O) groups is 2. The van der Waals surface area contributed by atoms with Crippen LogP contribution in [0.1, 0.15) is 41.0 Å². The first kappa shape index (κ1) is 20.6. The van der Waals surface area contributed by atoms with Gasteiger partial charge in [-0.2, -0.15) is 0 Å². The van der Waals surface area contributed by atoms with Gasteiger partial charge in [-0.05, 0) is 48.2 Å². The minimum Gasteiger partial charge on any atom is -0.507 e. The number of halogens is 1. The molecule has 2 heterocycles. The van der Waals surface area contributed by atoms with E-state index >= 15 is 0 Å². The fraction of sp³-hybridized carbons (Fsp3) is 0.200. The van der Waals surface area contributed by atoms with Crippen molar-refractivity contribution in [3.05, 3.63) is 100 Å². The molecule has 4 rings (SSSR count). The Kier molecular flexibility index (Phi) is 5.46. The van der Waals surface area contributed by atoms with Gasteiger partial charge in [0.05, 0.1) is 24.4 Å². The Morgan fingerprint density at radius 2 is 1.87 bits per heavy atom. The number of likely N-dealkylation sites (tertiary alicyclic amines) is 1. The molecule has 1 saturated heterocycles. The van der Waals surface area contributed by atoms with Gasteiger partial charge >= 0.3 is 0 Å². The molecule has 1 aliphatic rings. The van der Waals surface area contributed by atoms with Crippen LogP contribution >= 0.6 is 0 Å². The minimum absolute atomic E-state index is 0.0657. The van der Waals surface area contributed by atoms with Crippen LogP contribution in [0.2, 0.25) is 0 Å². The van der Waals surface area contributed by atoms with Crippen molar-refractivity contribution in [3.63, 3.8) is 0 Å². The summed E-state index contributed by atoms with van der Waals surface area (Å²) in [6.07, 6.45) is 2.33. The van der Waals surface area contributed by atoms with Gasteiger partial charge < -0.3 is 14.4 Å². The average Bonchev–Trinajstić information content (AvgIpc) is 3.38. The molecule has 1 aromatic heterocycles. The van der Waals surface area contributed by atoms with Crippen molar-refractivity contribution in [2.45, 2.75) is 32.9 Å². The van der Waals surface area contributed by atoms with Crippen LogP contribution in [-0.4, -0.2) is 21.7 Å². The number of rotatable bonds is 5. The summed E-state index contributed by atoms with van der Waals surface area (Å²) in [4.78, 5) is 27.3. The van der Waals surface area contributed by atoms with Crippen molar-refractivity contribution >= 4 is 17.4 Å². The quantitative estimate of drug-likeness (QED) is 0.362. The van der Waals surface area contributed by atoms with Gasteiger partial charge in [-0.15, -0.1) is 0 Å². The van der Waals surface area contributed by atoms with Crippen LogP contribution in [0.4, 0.5) is 4.39 Å². The number of aliphatic hydroxyl groups excluding tert-OH is 1. The van der Waals surface area contributed by atoms with Gasteiger partial charge in [-0.25, -0.2) is 4.39 Å². The van der Waals surface area contributed by atoms with Crippen LogP contribution in [0.15, 0.2) is 70.9 Å². The summed E-state index contributed by atoms with van der Waals surface area (Å²) in [5.74, 6) is -1.94. The first-order valence-electron chi connectivity index (χ1n) is 10.1. The van der Waals surface area contributed by atoms with Crippen molar-refractivity contribution in [1.29, 1.82) is 0 Å². The maximum atomic E-state index is 14.1. The van der Waals surface area contributed by atoms with Crippen LogP contribution in [0, 0.1) is 12.7 Å². The predicted molar refractivity (Wildman–Crippen MR) is 114 cm³/mol. The predicted octanol–water partition coefficient (Wildman–Crippen LogP) is 4.91. The van der Waals surface area contributed by atoms with Gasteiger partial charge in [-0.1, -0.05) is 43.3 Å². The van der Waals surface area contributed by atoms with Gasteiger partial charge in [0.1, 0.15) is 17.3 Å². The highest BCUT2D eigenvalue weighted by molar-refractivity contribution is 6.46. The number of hydrogen-bond donors (Lipinski definition) is 1. The van der Waals surface area contributed by atoms with E-state index in [1.807, 2.05) is 31.2 Å². The Labute approximate surface area is 179 Å². The lowest BCUT2D eigenvalue weighted by Crippen LogP contribution is -2.29. The molecule has 0 aliphatic carbocycles. The number of aryl methyl sites for hydroxylation is 2. The third-order valence-electron chi connectivity index (χ3n) is 5.60. The summed E-state index contributed by atoms with van der Waals surface area (Å²) in [6.45, 7) is 3.71. The molecule has 1 atom stereocenters. The number of benzene rings is 2. The summed E-state index contributed by atoms with van der Waals surface area (Å²) in [6, 6.07) is 14.3. The van der Waals surface area contributed by atoms with Crippen molar-refractivity contribution in [3.8, 4) is 0 Å². The topological polar surface area (TPSA) is 70.8 Å². The zero-order chi connectivity index (χ0) is 22.1. The van der Waals surface area contributed by atoms with Gasteiger partial charge in [-0.3, -0.25) is 9.59 Å². The Morgan fingerprint density at radius 3 is 2.48 bits per heavy atom. The molecular formula is C25H22FNO4. The third kappa shape index (κ3) is 3.77. The average molecular weight is 419 g/mol. The van der Waals surface area contributed by atoms with E-state index in [0.29, 0.717) is 16.9 Å². The van der Waals surface area contributed by atoms with Crippen molar-refractivity contribution in [2.75, 3.05) is 0 Å². The van der Waals surface area contributed by atoms with Gasteiger partial charge in [0, 0.05) is 5.56 Å². The zero-order valence-corrected chi connectivity index (χ0v) is 17.3. The van der Waals surface area contributed by atoms with E-state index in [9.17, 15) is 19.1 Å². The van der Waals surface area contributed by atoms with Crippen LogP contribution in [0.25, 0.3) is 5.76 Å². The van der Waals surface area contributed by atoms with E-state index in [1.54, 1.807) is 19.1 Å². The van der Waals surface area contributed by atoms with Gasteiger partial charge in [0.15, 0.2) is 0 Å². The molecule has 1 unspecified atom stereocenters. The zero-order valence-electron chi connectivity index (χ0n) is 17.3. The molecule has 3 aromatic rings. The van der Waals surface area contributed by atoms with E-state index in [4.69, 9.17) is 4.42 Å². The van der Waals surface area contributed by atoms with Crippen molar-refractivity contribution < 1.29 is 23.5 Å². The van der Waals surface area contributed by atoms with E-state index < -0.39 is 29.3 Å². The van der Waals surface area contributed by atoms with E-state index in [-0.39, 0.29) is 17.7 Å². The molecular weight excluding hydrogens is 397 g/mol. The molecule has 0 radical (unpaired) electrons. The molecule has 2 aromatic carbocycles. The van der Waals surface area contributed by atoms with Crippen LogP contribution in [0.3, 0.4) is 0 Å². The Morgan fingerprint density at radius 1 is 1.13 bits per heavy atom. The summed E-state index contributed by atoms with van der Waals surface area (Å²) in [5.41, 5.74) is 2.28. The minimum atomic E-state index is -0.819. The molecule has 6 heteroatoms.